The van der Waals surface area contributed by atoms with Crippen molar-refractivity contribution < 1.29 is 9.53 Å². The minimum atomic E-state index is -0.298. The molecule has 1 aliphatic heterocycles. The maximum atomic E-state index is 12.2. The highest BCUT2D eigenvalue weighted by atomic mass is 16.5. The van der Waals surface area contributed by atoms with E-state index in [2.05, 4.69) is 48.1 Å². The summed E-state index contributed by atoms with van der Waals surface area (Å²) in [6.45, 7) is 4.10. The minimum absolute atomic E-state index is 0.298. The fourth-order valence-electron chi connectivity index (χ4n) is 3.27. The first-order valence-corrected chi connectivity index (χ1v) is 8.25. The van der Waals surface area contributed by atoms with Crippen molar-refractivity contribution in [1.82, 2.24) is 9.88 Å². The van der Waals surface area contributed by atoms with Crippen molar-refractivity contribution in [3.05, 3.63) is 41.1 Å². The summed E-state index contributed by atoms with van der Waals surface area (Å²) in [5, 5.41) is 1.13. The number of ether oxygens (including phenoxy) is 1. The summed E-state index contributed by atoms with van der Waals surface area (Å²) in [4.78, 5) is 17.8. The number of nitrogens with zero attached hydrogens (tertiary/aromatic N) is 1. The summed E-state index contributed by atoms with van der Waals surface area (Å²) in [7, 11) is 3.55. The SMILES string of the molecule is CCCc1ccc2[nH]c(C(=O)OC)c(C3=CCN(C)CC3)c2c1. The Kier molecular flexibility index (Phi) is 4.53. The lowest BCUT2D eigenvalue weighted by Gasteiger charge is -2.22. The Bertz CT molecular complexity index is 758. The van der Waals surface area contributed by atoms with E-state index < -0.39 is 0 Å². The van der Waals surface area contributed by atoms with Crippen LogP contribution in [0.4, 0.5) is 0 Å². The molecule has 0 atom stereocenters. The summed E-state index contributed by atoms with van der Waals surface area (Å²) in [6, 6.07) is 6.43. The standard InChI is InChI=1S/C19H24N2O2/c1-4-5-13-6-7-16-15(12-13)17(18(20-16)19(22)23-3)14-8-10-21(2)11-9-14/h6-8,12,20H,4-5,9-11H2,1-3H3. The van der Waals surface area contributed by atoms with Gasteiger partial charge in [0.2, 0.25) is 0 Å². The van der Waals surface area contributed by atoms with E-state index in [1.54, 1.807) is 0 Å². The van der Waals surface area contributed by atoms with E-state index in [0.717, 1.165) is 48.8 Å². The van der Waals surface area contributed by atoms with E-state index in [-0.39, 0.29) is 5.97 Å². The number of aromatic amines is 1. The zero-order valence-corrected chi connectivity index (χ0v) is 14.1. The van der Waals surface area contributed by atoms with E-state index in [1.165, 1.54) is 18.2 Å². The first-order valence-electron chi connectivity index (χ1n) is 8.25. The molecule has 4 nitrogen and oxygen atoms in total. The number of methoxy groups -OCH3 is 1. The molecule has 0 saturated carbocycles. The Hall–Kier alpha value is -2.07. The van der Waals surface area contributed by atoms with Crippen LogP contribution in [0.5, 0.6) is 0 Å². The topological polar surface area (TPSA) is 45.3 Å². The van der Waals surface area contributed by atoms with Gasteiger partial charge in [0, 0.05) is 29.6 Å². The predicted molar refractivity (Wildman–Crippen MR) is 93.7 cm³/mol. The van der Waals surface area contributed by atoms with Crippen molar-refractivity contribution in [3.8, 4) is 0 Å². The number of fused-ring (bicyclic) bond motifs is 1. The molecule has 23 heavy (non-hydrogen) atoms. The fourth-order valence-corrected chi connectivity index (χ4v) is 3.27. The van der Waals surface area contributed by atoms with Gasteiger partial charge in [-0.25, -0.2) is 4.79 Å². The van der Waals surface area contributed by atoms with Crippen LogP contribution in [0.1, 0.15) is 41.4 Å². The van der Waals surface area contributed by atoms with Gasteiger partial charge in [0.15, 0.2) is 0 Å². The average Bonchev–Trinajstić information content (AvgIpc) is 2.94. The Morgan fingerprint density at radius 2 is 2.22 bits per heavy atom. The van der Waals surface area contributed by atoms with Gasteiger partial charge in [0.25, 0.3) is 0 Å². The normalized spacial score (nSPS) is 15.7. The van der Waals surface area contributed by atoms with Crippen molar-refractivity contribution in [2.75, 3.05) is 27.2 Å². The smallest absolute Gasteiger partial charge is 0.355 e. The quantitative estimate of drug-likeness (QED) is 0.877. The van der Waals surface area contributed by atoms with Gasteiger partial charge in [0.05, 0.1) is 7.11 Å². The summed E-state index contributed by atoms with van der Waals surface area (Å²) in [5.41, 5.74) is 5.15. The molecule has 0 saturated heterocycles. The Balaban J connectivity index is 2.17. The van der Waals surface area contributed by atoms with E-state index in [1.807, 2.05) is 0 Å². The van der Waals surface area contributed by atoms with E-state index in [0.29, 0.717) is 5.69 Å². The number of aromatic nitrogens is 1. The molecule has 1 N–H and O–H groups in total. The van der Waals surface area contributed by atoms with Crippen molar-refractivity contribution >= 4 is 22.4 Å². The molecule has 0 radical (unpaired) electrons. The van der Waals surface area contributed by atoms with Crippen LogP contribution in [0, 0.1) is 0 Å². The van der Waals surface area contributed by atoms with Crippen LogP contribution in [-0.4, -0.2) is 43.1 Å². The van der Waals surface area contributed by atoms with Crippen LogP contribution in [0.15, 0.2) is 24.3 Å². The van der Waals surface area contributed by atoms with Crippen molar-refractivity contribution in [3.63, 3.8) is 0 Å². The number of rotatable bonds is 4. The highest BCUT2D eigenvalue weighted by molar-refractivity contribution is 6.05. The van der Waals surface area contributed by atoms with Gasteiger partial charge in [-0.3, -0.25) is 0 Å². The Morgan fingerprint density at radius 1 is 1.39 bits per heavy atom. The third-order valence-corrected chi connectivity index (χ3v) is 4.52. The van der Waals surface area contributed by atoms with Crippen molar-refractivity contribution in [2.45, 2.75) is 26.2 Å². The fraction of sp³-hybridized carbons (Fsp3) is 0.421. The van der Waals surface area contributed by atoms with Crippen LogP contribution in [0.3, 0.4) is 0 Å². The Labute approximate surface area is 137 Å². The summed E-state index contributed by atoms with van der Waals surface area (Å²) in [5.74, 6) is -0.298. The molecule has 0 aliphatic carbocycles. The van der Waals surface area contributed by atoms with Gasteiger partial charge < -0.3 is 14.6 Å². The third-order valence-electron chi connectivity index (χ3n) is 4.52. The maximum Gasteiger partial charge on any atom is 0.355 e. The van der Waals surface area contributed by atoms with E-state index in [9.17, 15) is 4.79 Å². The van der Waals surface area contributed by atoms with Gasteiger partial charge >= 0.3 is 5.97 Å². The molecule has 1 aliphatic rings. The molecule has 122 valence electrons. The molecule has 1 aromatic carbocycles. The number of carbonyl (C=O) groups is 1. The maximum absolute atomic E-state index is 12.2. The zero-order valence-electron chi connectivity index (χ0n) is 14.1. The number of likely N-dealkylation sites (N-methyl/N-ethyl adjacent to an activating group) is 1. The molecule has 0 amide bonds. The number of esters is 1. The number of hydrogen-bond donors (Lipinski definition) is 1. The Morgan fingerprint density at radius 3 is 2.87 bits per heavy atom. The predicted octanol–water partition coefficient (Wildman–Crippen LogP) is 3.63. The molecular formula is C19H24N2O2. The number of benzene rings is 1. The van der Waals surface area contributed by atoms with Crippen LogP contribution in [0.2, 0.25) is 0 Å². The van der Waals surface area contributed by atoms with Gasteiger partial charge in [-0.05, 0) is 43.2 Å². The summed E-state index contributed by atoms with van der Waals surface area (Å²) in [6.07, 6.45) is 5.34. The third kappa shape index (κ3) is 3.04. The minimum Gasteiger partial charge on any atom is -0.464 e. The van der Waals surface area contributed by atoms with E-state index >= 15 is 0 Å². The van der Waals surface area contributed by atoms with Crippen LogP contribution < -0.4 is 0 Å². The lowest BCUT2D eigenvalue weighted by Crippen LogP contribution is -2.24. The largest absolute Gasteiger partial charge is 0.464 e. The number of carbonyl (C=O) groups excluding carboxylic acids is 1. The molecule has 1 aromatic heterocycles. The van der Waals surface area contributed by atoms with Crippen LogP contribution >= 0.6 is 0 Å². The molecule has 3 rings (SSSR count). The average molecular weight is 312 g/mol. The molecule has 0 bridgehead atoms. The molecule has 0 spiro atoms. The number of aryl methyl sites for hydroxylation is 1. The highest BCUT2D eigenvalue weighted by Crippen LogP contribution is 2.33. The lowest BCUT2D eigenvalue weighted by atomic mass is 9.95. The number of hydrogen-bond acceptors (Lipinski definition) is 3. The van der Waals surface area contributed by atoms with E-state index in [4.69, 9.17) is 4.74 Å². The van der Waals surface area contributed by atoms with Crippen LogP contribution in [-0.2, 0) is 11.2 Å². The van der Waals surface area contributed by atoms with Gasteiger partial charge in [0.1, 0.15) is 5.69 Å². The van der Waals surface area contributed by atoms with Gasteiger partial charge in [-0.2, -0.15) is 0 Å². The molecule has 2 aromatic rings. The number of nitrogens with one attached hydrogen (secondary N) is 1. The van der Waals surface area contributed by atoms with Gasteiger partial charge in [-0.15, -0.1) is 0 Å². The number of H-pyrrole nitrogens is 1. The van der Waals surface area contributed by atoms with Crippen LogP contribution in [0.25, 0.3) is 16.5 Å². The first kappa shape index (κ1) is 15.8. The first-order chi connectivity index (χ1) is 11.1. The molecular weight excluding hydrogens is 288 g/mol. The molecule has 0 fully saturated rings. The van der Waals surface area contributed by atoms with Gasteiger partial charge in [-0.1, -0.05) is 25.5 Å². The lowest BCUT2D eigenvalue weighted by molar-refractivity contribution is 0.0594. The highest BCUT2D eigenvalue weighted by Gasteiger charge is 2.23. The molecule has 0 unspecified atom stereocenters. The summed E-state index contributed by atoms with van der Waals surface area (Å²) >= 11 is 0. The monoisotopic (exact) mass is 312 g/mol. The second kappa shape index (κ2) is 6.59. The zero-order chi connectivity index (χ0) is 16.4. The van der Waals surface area contributed by atoms with Crippen molar-refractivity contribution in [1.29, 1.82) is 0 Å². The second-order valence-electron chi connectivity index (χ2n) is 6.24. The summed E-state index contributed by atoms with van der Waals surface area (Å²) < 4.78 is 4.99. The molecule has 4 heteroatoms. The van der Waals surface area contributed by atoms with Crippen molar-refractivity contribution in [2.24, 2.45) is 0 Å². The second-order valence-corrected chi connectivity index (χ2v) is 6.24. The molecule has 2 heterocycles.